The quantitative estimate of drug-likeness (QED) is 0.818. The average molecular weight is 263 g/mol. The van der Waals surface area contributed by atoms with Crippen molar-refractivity contribution in [3.05, 3.63) is 23.4 Å². The van der Waals surface area contributed by atoms with Crippen LogP contribution in [0.1, 0.15) is 39.0 Å². The molecule has 0 amide bonds. The zero-order chi connectivity index (χ0) is 14.4. The van der Waals surface area contributed by atoms with Crippen molar-refractivity contribution in [3.8, 4) is 0 Å². The van der Waals surface area contributed by atoms with E-state index in [2.05, 4.69) is 64.0 Å². The standard InChI is InChI=1S/C16H29N3/c1-12(2)9-17-10-15-7-8-16(18-14(15)5)19(6)11-13(3)4/h7-8,12-13,17H,9-11H2,1-6H3. The fraction of sp³-hybridized carbons (Fsp3) is 0.688. The van der Waals surface area contributed by atoms with E-state index in [1.165, 1.54) is 5.56 Å². The Balaban J connectivity index is 2.63. The summed E-state index contributed by atoms with van der Waals surface area (Å²) >= 11 is 0. The number of hydrogen-bond acceptors (Lipinski definition) is 3. The van der Waals surface area contributed by atoms with Crippen LogP contribution in [0.5, 0.6) is 0 Å². The lowest BCUT2D eigenvalue weighted by Gasteiger charge is -2.21. The lowest BCUT2D eigenvalue weighted by atomic mass is 10.1. The van der Waals surface area contributed by atoms with E-state index in [0.717, 1.165) is 31.1 Å². The van der Waals surface area contributed by atoms with Crippen LogP contribution in [-0.4, -0.2) is 25.1 Å². The molecule has 0 saturated carbocycles. The Hall–Kier alpha value is -1.09. The van der Waals surface area contributed by atoms with Crippen molar-refractivity contribution >= 4 is 5.82 Å². The summed E-state index contributed by atoms with van der Waals surface area (Å²) in [5.41, 5.74) is 2.42. The Bertz CT molecular complexity index is 386. The number of pyridine rings is 1. The van der Waals surface area contributed by atoms with E-state index < -0.39 is 0 Å². The summed E-state index contributed by atoms with van der Waals surface area (Å²) in [6, 6.07) is 4.32. The Morgan fingerprint density at radius 3 is 2.37 bits per heavy atom. The molecule has 0 saturated heterocycles. The van der Waals surface area contributed by atoms with Gasteiger partial charge in [-0.15, -0.1) is 0 Å². The van der Waals surface area contributed by atoms with E-state index >= 15 is 0 Å². The molecule has 0 aliphatic carbocycles. The molecule has 1 heterocycles. The topological polar surface area (TPSA) is 28.2 Å². The van der Waals surface area contributed by atoms with E-state index in [1.54, 1.807) is 0 Å². The van der Waals surface area contributed by atoms with Crippen LogP contribution in [-0.2, 0) is 6.54 Å². The van der Waals surface area contributed by atoms with Gasteiger partial charge in [0.1, 0.15) is 5.82 Å². The summed E-state index contributed by atoms with van der Waals surface area (Å²) in [6.45, 7) is 14.0. The van der Waals surface area contributed by atoms with Crippen LogP contribution in [0.3, 0.4) is 0 Å². The molecule has 3 heteroatoms. The van der Waals surface area contributed by atoms with Gasteiger partial charge in [0.05, 0.1) is 0 Å². The zero-order valence-corrected chi connectivity index (χ0v) is 13.3. The van der Waals surface area contributed by atoms with E-state index in [-0.39, 0.29) is 0 Å². The molecule has 1 aromatic heterocycles. The Morgan fingerprint density at radius 1 is 1.16 bits per heavy atom. The Morgan fingerprint density at radius 2 is 1.84 bits per heavy atom. The maximum absolute atomic E-state index is 4.71. The molecule has 19 heavy (non-hydrogen) atoms. The molecule has 3 nitrogen and oxygen atoms in total. The molecule has 0 bridgehead atoms. The van der Waals surface area contributed by atoms with Crippen molar-refractivity contribution in [1.82, 2.24) is 10.3 Å². The van der Waals surface area contributed by atoms with E-state index in [9.17, 15) is 0 Å². The first-order valence-electron chi connectivity index (χ1n) is 7.28. The molecule has 0 atom stereocenters. The van der Waals surface area contributed by atoms with Crippen LogP contribution in [0.25, 0.3) is 0 Å². The van der Waals surface area contributed by atoms with Crippen molar-refractivity contribution in [2.45, 2.75) is 41.2 Å². The molecule has 108 valence electrons. The molecular weight excluding hydrogens is 234 g/mol. The summed E-state index contributed by atoms with van der Waals surface area (Å²) in [5.74, 6) is 2.41. The number of hydrogen-bond donors (Lipinski definition) is 1. The summed E-state index contributed by atoms with van der Waals surface area (Å²) in [7, 11) is 2.11. The largest absolute Gasteiger partial charge is 0.359 e. The first-order valence-corrected chi connectivity index (χ1v) is 7.28. The van der Waals surface area contributed by atoms with Crippen molar-refractivity contribution in [1.29, 1.82) is 0 Å². The second-order valence-corrected chi connectivity index (χ2v) is 6.21. The van der Waals surface area contributed by atoms with Crippen LogP contribution < -0.4 is 10.2 Å². The zero-order valence-electron chi connectivity index (χ0n) is 13.3. The minimum atomic E-state index is 0.652. The van der Waals surface area contributed by atoms with Crippen LogP contribution in [0.15, 0.2) is 12.1 Å². The highest BCUT2D eigenvalue weighted by atomic mass is 15.2. The molecule has 0 unspecified atom stereocenters. The Labute approximate surface area is 118 Å². The molecule has 0 aromatic carbocycles. The van der Waals surface area contributed by atoms with Gasteiger partial charge in [0.15, 0.2) is 0 Å². The molecular formula is C16H29N3. The second-order valence-electron chi connectivity index (χ2n) is 6.21. The monoisotopic (exact) mass is 263 g/mol. The fourth-order valence-electron chi connectivity index (χ4n) is 2.11. The molecule has 0 aliphatic heterocycles. The molecule has 1 N–H and O–H groups in total. The highest BCUT2D eigenvalue weighted by molar-refractivity contribution is 5.40. The predicted octanol–water partition coefficient (Wildman–Crippen LogP) is 3.23. The number of nitrogens with zero attached hydrogens (tertiary/aromatic N) is 2. The minimum absolute atomic E-state index is 0.652. The average Bonchev–Trinajstić information content (AvgIpc) is 2.29. The number of aryl methyl sites for hydroxylation is 1. The van der Waals surface area contributed by atoms with Crippen LogP contribution in [0, 0.1) is 18.8 Å². The molecule has 1 rings (SSSR count). The van der Waals surface area contributed by atoms with Gasteiger partial charge in [-0.2, -0.15) is 0 Å². The van der Waals surface area contributed by atoms with Crippen LogP contribution in [0.2, 0.25) is 0 Å². The van der Waals surface area contributed by atoms with Gasteiger partial charge >= 0.3 is 0 Å². The highest BCUT2D eigenvalue weighted by Crippen LogP contribution is 2.15. The van der Waals surface area contributed by atoms with Gasteiger partial charge in [-0.3, -0.25) is 0 Å². The van der Waals surface area contributed by atoms with Gasteiger partial charge in [-0.05, 0) is 36.9 Å². The summed E-state index contributed by atoms with van der Waals surface area (Å²) in [4.78, 5) is 6.93. The third-order valence-electron chi connectivity index (χ3n) is 3.08. The van der Waals surface area contributed by atoms with Gasteiger partial charge in [0, 0.05) is 25.8 Å². The number of anilines is 1. The maximum atomic E-state index is 4.71. The maximum Gasteiger partial charge on any atom is 0.128 e. The third kappa shape index (κ3) is 5.60. The van der Waals surface area contributed by atoms with Crippen molar-refractivity contribution in [2.24, 2.45) is 11.8 Å². The van der Waals surface area contributed by atoms with Crippen molar-refractivity contribution in [3.63, 3.8) is 0 Å². The fourth-order valence-corrected chi connectivity index (χ4v) is 2.11. The second kappa shape index (κ2) is 7.49. The van der Waals surface area contributed by atoms with E-state index in [4.69, 9.17) is 4.98 Å². The van der Waals surface area contributed by atoms with Gasteiger partial charge < -0.3 is 10.2 Å². The normalized spacial score (nSPS) is 11.4. The van der Waals surface area contributed by atoms with E-state index in [1.807, 2.05) is 0 Å². The van der Waals surface area contributed by atoms with Gasteiger partial charge in [0.25, 0.3) is 0 Å². The molecule has 0 spiro atoms. The highest BCUT2D eigenvalue weighted by Gasteiger charge is 2.07. The SMILES string of the molecule is Cc1nc(N(C)CC(C)C)ccc1CNCC(C)C. The number of nitrogens with one attached hydrogen (secondary N) is 1. The van der Waals surface area contributed by atoms with Gasteiger partial charge in [0.2, 0.25) is 0 Å². The summed E-state index contributed by atoms with van der Waals surface area (Å²) < 4.78 is 0. The number of aromatic nitrogens is 1. The van der Waals surface area contributed by atoms with Gasteiger partial charge in [-0.25, -0.2) is 4.98 Å². The first-order chi connectivity index (χ1) is 8.90. The van der Waals surface area contributed by atoms with E-state index in [0.29, 0.717) is 11.8 Å². The lowest BCUT2D eigenvalue weighted by Crippen LogP contribution is -2.24. The first kappa shape index (κ1) is 16.0. The minimum Gasteiger partial charge on any atom is -0.359 e. The smallest absolute Gasteiger partial charge is 0.128 e. The molecule has 0 fully saturated rings. The van der Waals surface area contributed by atoms with Crippen molar-refractivity contribution in [2.75, 3.05) is 25.0 Å². The van der Waals surface area contributed by atoms with Gasteiger partial charge in [-0.1, -0.05) is 33.8 Å². The third-order valence-corrected chi connectivity index (χ3v) is 3.08. The van der Waals surface area contributed by atoms with Crippen molar-refractivity contribution < 1.29 is 0 Å². The number of rotatable bonds is 7. The molecule has 1 aromatic rings. The van der Waals surface area contributed by atoms with Crippen LogP contribution >= 0.6 is 0 Å². The predicted molar refractivity (Wildman–Crippen MR) is 83.6 cm³/mol. The molecule has 0 radical (unpaired) electrons. The summed E-state index contributed by atoms with van der Waals surface area (Å²) in [5, 5.41) is 3.47. The Kier molecular flexibility index (Phi) is 6.29. The summed E-state index contributed by atoms with van der Waals surface area (Å²) in [6.07, 6.45) is 0. The molecule has 0 aliphatic rings. The lowest BCUT2D eigenvalue weighted by molar-refractivity contribution is 0.551. The van der Waals surface area contributed by atoms with Crippen LogP contribution in [0.4, 0.5) is 5.82 Å².